The zero-order valence-corrected chi connectivity index (χ0v) is 12.5. The Balaban J connectivity index is 1.82. The average molecular weight is 293 g/mol. The molecular weight excluding hydrogens is 278 g/mol. The number of nitrogens with zero attached hydrogens (tertiary/aromatic N) is 1. The van der Waals surface area contributed by atoms with E-state index in [1.54, 1.807) is 17.4 Å². The Hall–Kier alpha value is -2.39. The maximum atomic E-state index is 12.3. The number of carbonyl (C=O) groups is 1. The fourth-order valence-corrected chi connectivity index (χ4v) is 2.90. The van der Waals surface area contributed by atoms with E-state index in [1.807, 2.05) is 65.5 Å². The smallest absolute Gasteiger partial charge is 0.185 e. The SMILES string of the molecule is Cc1ccc(/C=C/C(=O)c2cccc(-n3cccc3)c2)s1. The van der Waals surface area contributed by atoms with Crippen molar-refractivity contribution in [1.82, 2.24) is 4.57 Å². The summed E-state index contributed by atoms with van der Waals surface area (Å²) in [5, 5.41) is 0. The van der Waals surface area contributed by atoms with E-state index in [4.69, 9.17) is 0 Å². The van der Waals surface area contributed by atoms with Crippen molar-refractivity contribution in [3.8, 4) is 5.69 Å². The maximum Gasteiger partial charge on any atom is 0.185 e. The first-order chi connectivity index (χ1) is 10.2. The largest absolute Gasteiger partial charge is 0.324 e. The van der Waals surface area contributed by atoms with Gasteiger partial charge >= 0.3 is 0 Å². The van der Waals surface area contributed by atoms with Gasteiger partial charge in [-0.2, -0.15) is 0 Å². The molecule has 0 atom stereocenters. The molecule has 0 aliphatic rings. The topological polar surface area (TPSA) is 22.0 Å². The van der Waals surface area contributed by atoms with Gasteiger partial charge in [-0.15, -0.1) is 11.3 Å². The van der Waals surface area contributed by atoms with Gasteiger partial charge in [0.05, 0.1) is 0 Å². The monoisotopic (exact) mass is 293 g/mol. The molecule has 0 aliphatic carbocycles. The van der Waals surface area contributed by atoms with Crippen molar-refractivity contribution in [1.29, 1.82) is 0 Å². The number of thiophene rings is 1. The highest BCUT2D eigenvalue weighted by atomic mass is 32.1. The molecule has 0 unspecified atom stereocenters. The third kappa shape index (κ3) is 3.20. The van der Waals surface area contributed by atoms with Gasteiger partial charge in [-0.1, -0.05) is 12.1 Å². The summed E-state index contributed by atoms with van der Waals surface area (Å²) in [5.41, 5.74) is 1.69. The van der Waals surface area contributed by atoms with Crippen LogP contribution in [-0.2, 0) is 0 Å². The summed E-state index contributed by atoms with van der Waals surface area (Å²) in [6, 6.07) is 15.7. The number of rotatable bonds is 4. The van der Waals surface area contributed by atoms with Crippen LogP contribution < -0.4 is 0 Å². The number of hydrogen-bond donors (Lipinski definition) is 0. The van der Waals surface area contributed by atoms with E-state index in [0.717, 1.165) is 10.6 Å². The average Bonchev–Trinajstić information content (AvgIpc) is 3.16. The second-order valence-corrected chi connectivity index (χ2v) is 6.11. The molecule has 3 heteroatoms. The lowest BCUT2D eigenvalue weighted by Crippen LogP contribution is -1.97. The summed E-state index contributed by atoms with van der Waals surface area (Å²) in [6.07, 6.45) is 7.45. The molecule has 104 valence electrons. The van der Waals surface area contributed by atoms with Crippen molar-refractivity contribution in [2.75, 3.05) is 0 Å². The van der Waals surface area contributed by atoms with Crippen LogP contribution in [0, 0.1) is 6.92 Å². The van der Waals surface area contributed by atoms with Crippen LogP contribution in [0.5, 0.6) is 0 Å². The second kappa shape index (κ2) is 5.94. The minimum Gasteiger partial charge on any atom is -0.324 e. The van der Waals surface area contributed by atoms with E-state index < -0.39 is 0 Å². The van der Waals surface area contributed by atoms with Crippen LogP contribution in [0.4, 0.5) is 0 Å². The minimum atomic E-state index is 0.0232. The lowest BCUT2D eigenvalue weighted by atomic mass is 10.1. The van der Waals surface area contributed by atoms with Gasteiger partial charge in [-0.3, -0.25) is 4.79 Å². The van der Waals surface area contributed by atoms with Crippen LogP contribution in [0.2, 0.25) is 0 Å². The number of aromatic nitrogens is 1. The Morgan fingerprint density at radius 3 is 2.62 bits per heavy atom. The summed E-state index contributed by atoms with van der Waals surface area (Å²) in [4.78, 5) is 14.6. The van der Waals surface area contributed by atoms with Crippen LogP contribution >= 0.6 is 11.3 Å². The highest BCUT2D eigenvalue weighted by Gasteiger charge is 2.04. The predicted octanol–water partition coefficient (Wildman–Crippen LogP) is 4.74. The van der Waals surface area contributed by atoms with E-state index in [9.17, 15) is 4.79 Å². The molecule has 0 N–H and O–H groups in total. The molecule has 0 aliphatic heterocycles. The molecule has 0 saturated carbocycles. The molecule has 2 nitrogen and oxygen atoms in total. The maximum absolute atomic E-state index is 12.3. The van der Waals surface area contributed by atoms with E-state index >= 15 is 0 Å². The minimum absolute atomic E-state index is 0.0232. The summed E-state index contributed by atoms with van der Waals surface area (Å²) in [6.45, 7) is 2.06. The number of allylic oxidation sites excluding steroid dienone is 1. The molecule has 2 heterocycles. The van der Waals surface area contributed by atoms with Gasteiger partial charge in [-0.25, -0.2) is 0 Å². The van der Waals surface area contributed by atoms with Gasteiger partial charge < -0.3 is 4.57 Å². The van der Waals surface area contributed by atoms with Crippen LogP contribution in [0.25, 0.3) is 11.8 Å². The van der Waals surface area contributed by atoms with Crippen LogP contribution in [-0.4, -0.2) is 10.4 Å². The normalized spacial score (nSPS) is 11.1. The summed E-state index contributed by atoms with van der Waals surface area (Å²) in [7, 11) is 0. The Morgan fingerprint density at radius 1 is 1.10 bits per heavy atom. The highest BCUT2D eigenvalue weighted by Crippen LogP contribution is 2.17. The standard InChI is InChI=1S/C18H15NOS/c1-14-7-8-17(21-14)9-10-18(20)15-5-4-6-16(13-15)19-11-2-3-12-19/h2-13H,1H3/b10-9+. The second-order valence-electron chi connectivity index (χ2n) is 4.79. The number of ketones is 1. The van der Waals surface area contributed by atoms with Crippen molar-refractivity contribution >= 4 is 23.2 Å². The Labute approximate surface area is 128 Å². The molecule has 21 heavy (non-hydrogen) atoms. The van der Waals surface area contributed by atoms with Gasteiger partial charge in [0.25, 0.3) is 0 Å². The zero-order valence-electron chi connectivity index (χ0n) is 11.7. The lowest BCUT2D eigenvalue weighted by Gasteiger charge is -2.04. The molecule has 3 rings (SSSR count). The van der Waals surface area contributed by atoms with E-state index in [0.29, 0.717) is 5.56 Å². The molecular formula is C18H15NOS. The van der Waals surface area contributed by atoms with E-state index in [2.05, 4.69) is 13.0 Å². The zero-order chi connectivity index (χ0) is 14.7. The predicted molar refractivity (Wildman–Crippen MR) is 88.2 cm³/mol. The van der Waals surface area contributed by atoms with Crippen molar-refractivity contribution in [2.45, 2.75) is 6.92 Å². The van der Waals surface area contributed by atoms with Crippen molar-refractivity contribution in [3.63, 3.8) is 0 Å². The van der Waals surface area contributed by atoms with Crippen molar-refractivity contribution in [2.24, 2.45) is 0 Å². The molecule has 0 amide bonds. The van der Waals surface area contributed by atoms with Crippen molar-refractivity contribution in [3.05, 3.63) is 82.3 Å². The number of hydrogen-bond acceptors (Lipinski definition) is 2. The van der Waals surface area contributed by atoms with E-state index in [1.165, 1.54) is 4.88 Å². The van der Waals surface area contributed by atoms with Gasteiger partial charge in [0, 0.05) is 33.4 Å². The number of aryl methyl sites for hydroxylation is 1. The first-order valence-electron chi connectivity index (χ1n) is 6.75. The lowest BCUT2D eigenvalue weighted by molar-refractivity contribution is 0.104. The summed E-state index contributed by atoms with van der Waals surface area (Å²) >= 11 is 1.68. The third-order valence-corrected chi connectivity index (χ3v) is 4.16. The Bertz CT molecular complexity index is 781. The van der Waals surface area contributed by atoms with E-state index in [-0.39, 0.29) is 5.78 Å². The van der Waals surface area contributed by atoms with Crippen LogP contribution in [0.1, 0.15) is 20.1 Å². The molecule has 0 spiro atoms. The molecule has 0 bridgehead atoms. The van der Waals surface area contributed by atoms with Gasteiger partial charge in [0.1, 0.15) is 0 Å². The third-order valence-electron chi connectivity index (χ3n) is 3.19. The molecule has 1 aromatic carbocycles. The molecule has 2 aromatic heterocycles. The highest BCUT2D eigenvalue weighted by molar-refractivity contribution is 7.12. The Morgan fingerprint density at radius 2 is 1.90 bits per heavy atom. The molecule has 0 saturated heterocycles. The van der Waals surface area contributed by atoms with Crippen LogP contribution in [0.3, 0.4) is 0 Å². The first kappa shape index (κ1) is 13.6. The van der Waals surface area contributed by atoms with Gasteiger partial charge in [0.15, 0.2) is 5.78 Å². The quantitative estimate of drug-likeness (QED) is 0.503. The first-order valence-corrected chi connectivity index (χ1v) is 7.56. The Kier molecular flexibility index (Phi) is 3.84. The van der Waals surface area contributed by atoms with Crippen LogP contribution in [0.15, 0.2) is 67.0 Å². The van der Waals surface area contributed by atoms with Crippen molar-refractivity contribution < 1.29 is 4.79 Å². The fourth-order valence-electron chi connectivity index (χ4n) is 2.12. The molecule has 0 radical (unpaired) electrons. The number of carbonyl (C=O) groups excluding carboxylic acids is 1. The fraction of sp³-hybridized carbons (Fsp3) is 0.0556. The molecule has 3 aromatic rings. The van der Waals surface area contributed by atoms with Gasteiger partial charge in [-0.05, 0) is 55.5 Å². The number of benzene rings is 1. The summed E-state index contributed by atoms with van der Waals surface area (Å²) in [5.74, 6) is 0.0232. The van der Waals surface area contributed by atoms with Gasteiger partial charge in [0.2, 0.25) is 0 Å². The summed E-state index contributed by atoms with van der Waals surface area (Å²) < 4.78 is 1.99. The molecule has 0 fully saturated rings.